The number of halogens is 10. The van der Waals surface area contributed by atoms with E-state index < -0.39 is 64.5 Å². The highest BCUT2D eigenvalue weighted by Crippen LogP contribution is 2.33. The SMILES string of the molecule is O=C(c1ccccc1C(F)(F)F)N1CC[C@@H](Nc2cnc3cc(F)c(F)cc3n2)C1.O=C(c1ccccc1OC(F)(F)F)N1CC[C@@H](Nc2cnc3cc(F)c(F)cc3n2)C1. The van der Waals surface area contributed by atoms with Gasteiger partial charge in [-0.05, 0) is 37.1 Å². The normalized spacial score (nSPS) is 16.7. The number of likely N-dealkylation sites (tertiary alicyclic amines) is 2. The van der Waals surface area contributed by atoms with E-state index in [1.54, 1.807) is 0 Å². The van der Waals surface area contributed by atoms with Crippen LogP contribution in [0.2, 0.25) is 0 Å². The first kappa shape index (κ1) is 42.3. The average Bonchev–Trinajstić information content (AvgIpc) is 3.88. The van der Waals surface area contributed by atoms with Crippen LogP contribution in [0.15, 0.2) is 85.2 Å². The molecule has 2 aliphatic heterocycles. The average molecular weight is 861 g/mol. The Labute approximate surface area is 338 Å². The minimum Gasteiger partial charge on any atom is -0.405 e. The van der Waals surface area contributed by atoms with E-state index in [-0.39, 0.29) is 59.3 Å². The van der Waals surface area contributed by atoms with Crippen molar-refractivity contribution in [3.63, 3.8) is 0 Å². The van der Waals surface area contributed by atoms with Gasteiger partial charge in [-0.25, -0.2) is 27.5 Å². The summed E-state index contributed by atoms with van der Waals surface area (Å²) in [4.78, 5) is 44.6. The molecule has 2 aromatic heterocycles. The molecule has 0 saturated carbocycles. The summed E-state index contributed by atoms with van der Waals surface area (Å²) in [6, 6.07) is 13.0. The molecular weight excluding hydrogens is 830 g/mol. The van der Waals surface area contributed by atoms with Crippen molar-refractivity contribution in [1.82, 2.24) is 29.7 Å². The number of hydrogen-bond donors (Lipinski definition) is 2. The van der Waals surface area contributed by atoms with Gasteiger partial charge in [0.2, 0.25) is 0 Å². The molecule has 8 rings (SSSR count). The number of amides is 2. The van der Waals surface area contributed by atoms with Gasteiger partial charge in [-0.1, -0.05) is 24.3 Å². The summed E-state index contributed by atoms with van der Waals surface area (Å²) in [6.07, 6.45) is -5.84. The number of carbonyl (C=O) groups is 2. The number of benzene rings is 4. The van der Waals surface area contributed by atoms with Gasteiger partial charge in [-0.15, -0.1) is 13.2 Å². The van der Waals surface area contributed by atoms with Crippen molar-refractivity contribution in [1.29, 1.82) is 0 Å². The van der Waals surface area contributed by atoms with Crippen molar-refractivity contribution >= 4 is 45.5 Å². The zero-order chi connectivity index (χ0) is 43.6. The van der Waals surface area contributed by atoms with Crippen molar-refractivity contribution in [2.75, 3.05) is 36.8 Å². The maximum absolute atomic E-state index is 13.4. The van der Waals surface area contributed by atoms with Gasteiger partial charge in [0.25, 0.3) is 11.8 Å². The second kappa shape index (κ2) is 17.1. The number of hydrogen-bond acceptors (Lipinski definition) is 9. The first-order valence-electron chi connectivity index (χ1n) is 18.3. The number of para-hydroxylation sites is 1. The van der Waals surface area contributed by atoms with E-state index in [4.69, 9.17) is 0 Å². The quantitative estimate of drug-likeness (QED) is 0.152. The summed E-state index contributed by atoms with van der Waals surface area (Å²) in [5.41, 5.74) is -0.865. The van der Waals surface area contributed by atoms with Crippen LogP contribution in [-0.2, 0) is 6.18 Å². The molecule has 6 aromatic rings. The fraction of sp³-hybridized carbons (Fsp3) is 0.250. The lowest BCUT2D eigenvalue weighted by atomic mass is 10.1. The first-order valence-corrected chi connectivity index (χ1v) is 18.3. The van der Waals surface area contributed by atoms with Crippen molar-refractivity contribution < 1.29 is 58.2 Å². The van der Waals surface area contributed by atoms with Crippen LogP contribution in [-0.4, -0.2) is 86.2 Å². The molecule has 2 fully saturated rings. The summed E-state index contributed by atoms with van der Waals surface area (Å²) < 4.78 is 135. The molecule has 4 heterocycles. The number of fused-ring (bicyclic) bond motifs is 2. The van der Waals surface area contributed by atoms with E-state index in [2.05, 4.69) is 35.3 Å². The van der Waals surface area contributed by atoms with E-state index >= 15 is 0 Å². The van der Waals surface area contributed by atoms with Gasteiger partial charge < -0.3 is 25.2 Å². The van der Waals surface area contributed by atoms with Crippen LogP contribution in [0, 0.1) is 23.3 Å². The highest BCUT2D eigenvalue weighted by atomic mass is 19.4. The molecule has 21 heteroatoms. The molecule has 2 atom stereocenters. The molecule has 0 radical (unpaired) electrons. The predicted molar refractivity (Wildman–Crippen MR) is 199 cm³/mol. The zero-order valence-electron chi connectivity index (χ0n) is 31.2. The van der Waals surface area contributed by atoms with Gasteiger partial charge in [-0.3, -0.25) is 19.6 Å². The molecular formula is C40H30F10N8O3. The molecule has 4 aromatic carbocycles. The standard InChI is InChI=1S/C20H15F5N4O2.C20H15F5N4O/c21-13-7-15-16(8-14(13)22)28-18(9-26-15)27-11-5-6-29(10-11)19(30)12-3-1-2-4-17(12)31-20(23,24)25;21-14-7-16-17(8-15(14)22)28-18(9-26-16)27-11-5-6-29(10-11)19(30)12-3-1-2-4-13(12)20(23,24)25/h1-4,7-9,11H,5-6,10H2,(H,27,28);1-4,7-9,11H,5-6,10H2,(H,27,28)/t2*11-/m11/s1. The van der Waals surface area contributed by atoms with Gasteiger partial charge in [-0.2, -0.15) is 13.2 Å². The number of aromatic nitrogens is 4. The largest absolute Gasteiger partial charge is 0.573 e. The second-order valence-electron chi connectivity index (χ2n) is 13.9. The maximum atomic E-state index is 13.4. The highest BCUT2D eigenvalue weighted by molar-refractivity contribution is 5.97. The molecule has 2 saturated heterocycles. The minimum absolute atomic E-state index is 0.156. The van der Waals surface area contributed by atoms with Crippen molar-refractivity contribution in [3.8, 4) is 5.75 Å². The summed E-state index contributed by atoms with van der Waals surface area (Å²) >= 11 is 0. The van der Waals surface area contributed by atoms with Gasteiger partial charge >= 0.3 is 12.5 Å². The van der Waals surface area contributed by atoms with Gasteiger partial charge in [0.1, 0.15) is 17.4 Å². The Morgan fingerprint density at radius 1 is 0.607 bits per heavy atom. The Hall–Kier alpha value is -6.80. The van der Waals surface area contributed by atoms with Crippen LogP contribution in [0.5, 0.6) is 5.75 Å². The topological polar surface area (TPSA) is 125 Å². The molecule has 2 aliphatic rings. The molecule has 0 aliphatic carbocycles. The summed E-state index contributed by atoms with van der Waals surface area (Å²) in [7, 11) is 0. The van der Waals surface area contributed by atoms with Crippen molar-refractivity contribution in [2.45, 2.75) is 37.5 Å². The number of alkyl halides is 6. The van der Waals surface area contributed by atoms with Crippen LogP contribution in [0.1, 0.15) is 39.1 Å². The first-order chi connectivity index (χ1) is 28.9. The van der Waals surface area contributed by atoms with E-state index in [0.29, 0.717) is 31.0 Å². The Morgan fingerprint density at radius 3 is 1.51 bits per heavy atom. The Balaban J connectivity index is 0.000000184. The summed E-state index contributed by atoms with van der Waals surface area (Å²) in [6.45, 7) is 0.945. The molecule has 61 heavy (non-hydrogen) atoms. The Morgan fingerprint density at radius 2 is 1.03 bits per heavy atom. The minimum atomic E-state index is -4.91. The third kappa shape index (κ3) is 9.98. The number of nitrogens with zero attached hydrogens (tertiary/aromatic N) is 6. The zero-order valence-corrected chi connectivity index (χ0v) is 31.2. The lowest BCUT2D eigenvalue weighted by Crippen LogP contribution is -2.33. The number of rotatable bonds is 7. The fourth-order valence-electron chi connectivity index (χ4n) is 6.81. The summed E-state index contributed by atoms with van der Waals surface area (Å²) in [5.74, 6) is -5.40. The smallest absolute Gasteiger partial charge is 0.405 e. The molecule has 0 unspecified atom stereocenters. The predicted octanol–water partition coefficient (Wildman–Crippen LogP) is 8.39. The Kier molecular flexibility index (Phi) is 11.8. The third-order valence-corrected chi connectivity index (χ3v) is 9.63. The number of ether oxygens (including phenoxy) is 1. The monoisotopic (exact) mass is 860 g/mol. The van der Waals surface area contributed by atoms with E-state index in [0.717, 1.165) is 42.5 Å². The third-order valence-electron chi connectivity index (χ3n) is 9.63. The van der Waals surface area contributed by atoms with Crippen molar-refractivity contribution in [2.24, 2.45) is 0 Å². The van der Waals surface area contributed by atoms with Crippen LogP contribution >= 0.6 is 0 Å². The lowest BCUT2D eigenvalue weighted by molar-refractivity contribution is -0.274. The molecule has 11 nitrogen and oxygen atoms in total. The van der Waals surface area contributed by atoms with Crippen LogP contribution < -0.4 is 15.4 Å². The molecule has 2 amide bonds. The van der Waals surface area contributed by atoms with Gasteiger partial charge in [0.05, 0.1) is 51.2 Å². The molecule has 2 N–H and O–H groups in total. The van der Waals surface area contributed by atoms with E-state index in [1.807, 2.05) is 0 Å². The molecule has 0 spiro atoms. The fourth-order valence-corrected chi connectivity index (χ4v) is 6.81. The van der Waals surface area contributed by atoms with Gasteiger partial charge in [0, 0.05) is 62.5 Å². The van der Waals surface area contributed by atoms with Crippen molar-refractivity contribution in [3.05, 3.63) is 125 Å². The Bertz CT molecular complexity index is 2610. The van der Waals surface area contributed by atoms with E-state index in [1.165, 1.54) is 52.5 Å². The second-order valence-corrected chi connectivity index (χ2v) is 13.9. The number of carbonyl (C=O) groups excluding carboxylic acids is 2. The molecule has 0 bridgehead atoms. The highest BCUT2D eigenvalue weighted by Gasteiger charge is 2.38. The van der Waals surface area contributed by atoms with Crippen LogP contribution in [0.3, 0.4) is 0 Å². The van der Waals surface area contributed by atoms with Crippen LogP contribution in [0.4, 0.5) is 55.5 Å². The maximum Gasteiger partial charge on any atom is 0.573 e. The molecule has 318 valence electrons. The van der Waals surface area contributed by atoms with Gasteiger partial charge in [0.15, 0.2) is 23.3 Å². The lowest BCUT2D eigenvalue weighted by Gasteiger charge is -2.20. The van der Waals surface area contributed by atoms with E-state index in [9.17, 15) is 53.5 Å². The van der Waals surface area contributed by atoms with Crippen LogP contribution in [0.25, 0.3) is 22.1 Å². The number of anilines is 2. The number of nitrogens with one attached hydrogen (secondary N) is 2. The summed E-state index contributed by atoms with van der Waals surface area (Å²) in [5, 5.41) is 6.10.